The number of carbonyl (C=O) groups excluding carboxylic acids is 1. The van der Waals surface area contributed by atoms with Crippen LogP contribution in [0.3, 0.4) is 0 Å². The van der Waals surface area contributed by atoms with Crippen molar-refractivity contribution in [1.82, 2.24) is 5.32 Å². The second-order valence-electron chi connectivity index (χ2n) is 1.88. The molecular weight excluding hydrogens is 134 g/mol. The number of nitrogens with one attached hydrogen (secondary N) is 1. The van der Waals surface area contributed by atoms with Gasteiger partial charge < -0.3 is 5.32 Å². The van der Waals surface area contributed by atoms with Crippen molar-refractivity contribution in [2.45, 2.75) is 11.8 Å². The molecule has 1 aliphatic rings. The third-order valence-corrected chi connectivity index (χ3v) is 2.22. The molecule has 1 heterocycles. The summed E-state index contributed by atoms with van der Waals surface area (Å²) in [5.74, 6) is 1.09. The number of carbonyl (C=O) groups is 1. The summed E-state index contributed by atoms with van der Waals surface area (Å²) < 4.78 is 0. The Labute approximate surface area is 58.7 Å². The lowest BCUT2D eigenvalue weighted by molar-refractivity contribution is -0.126. The minimum atomic E-state index is 0.163. The number of hydrogen-bond donors (Lipinski definition) is 1. The maximum Gasteiger partial charge on any atom is 0.223 e. The Hall–Kier alpha value is -0.440. The lowest BCUT2D eigenvalue weighted by Crippen LogP contribution is -2.46. The fourth-order valence-electron chi connectivity index (χ4n) is 0.612. The van der Waals surface area contributed by atoms with Gasteiger partial charge in [0, 0.05) is 5.75 Å². The van der Waals surface area contributed by atoms with Crippen LogP contribution in [0.25, 0.3) is 0 Å². The Morgan fingerprint density at radius 1 is 2.00 bits per heavy atom. The molecule has 1 N–H and O–H groups in total. The maximum atomic E-state index is 10.3. The second kappa shape index (κ2) is 2.92. The molecule has 1 amide bonds. The molecule has 1 saturated heterocycles. The van der Waals surface area contributed by atoms with Gasteiger partial charge in [-0.3, -0.25) is 4.79 Å². The predicted molar refractivity (Wildman–Crippen MR) is 39.2 cm³/mol. The van der Waals surface area contributed by atoms with Crippen LogP contribution in [-0.2, 0) is 4.79 Å². The van der Waals surface area contributed by atoms with Gasteiger partial charge in [-0.1, -0.05) is 6.08 Å². The number of hydrogen-bond acceptors (Lipinski definition) is 2. The van der Waals surface area contributed by atoms with E-state index in [1.54, 1.807) is 11.8 Å². The molecule has 0 bridgehead atoms. The molecule has 50 valence electrons. The van der Waals surface area contributed by atoms with Crippen LogP contribution >= 0.6 is 11.8 Å². The van der Waals surface area contributed by atoms with E-state index in [0.717, 1.165) is 5.75 Å². The van der Waals surface area contributed by atoms with Crippen molar-refractivity contribution in [3.63, 3.8) is 0 Å². The Morgan fingerprint density at radius 2 is 2.67 bits per heavy atom. The molecule has 2 nitrogen and oxygen atoms in total. The van der Waals surface area contributed by atoms with Crippen molar-refractivity contribution in [1.29, 1.82) is 0 Å². The topological polar surface area (TPSA) is 29.1 Å². The smallest absolute Gasteiger partial charge is 0.223 e. The molecule has 0 unspecified atom stereocenters. The highest BCUT2D eigenvalue weighted by atomic mass is 32.2. The van der Waals surface area contributed by atoms with Gasteiger partial charge >= 0.3 is 0 Å². The molecule has 0 aromatic carbocycles. The Balaban J connectivity index is 2.03. The molecule has 0 radical (unpaired) electrons. The van der Waals surface area contributed by atoms with Crippen molar-refractivity contribution in [2.75, 3.05) is 5.75 Å². The van der Waals surface area contributed by atoms with E-state index in [-0.39, 0.29) is 5.91 Å². The van der Waals surface area contributed by atoms with Crippen molar-refractivity contribution in [2.24, 2.45) is 0 Å². The summed E-state index contributed by atoms with van der Waals surface area (Å²) in [6.07, 6.45) is 2.52. The molecule has 3 heteroatoms. The summed E-state index contributed by atoms with van der Waals surface area (Å²) in [6.45, 7) is 3.58. The van der Waals surface area contributed by atoms with Gasteiger partial charge in [0.25, 0.3) is 0 Å². The van der Waals surface area contributed by atoms with Gasteiger partial charge in [0.15, 0.2) is 0 Å². The second-order valence-corrected chi connectivity index (χ2v) is 3.12. The molecule has 0 aliphatic carbocycles. The van der Waals surface area contributed by atoms with Gasteiger partial charge in [-0.25, -0.2) is 0 Å². The Morgan fingerprint density at radius 3 is 3.11 bits per heavy atom. The van der Waals surface area contributed by atoms with Crippen LogP contribution in [0.4, 0.5) is 0 Å². The quantitative estimate of drug-likeness (QED) is 0.466. The predicted octanol–water partition coefficient (Wildman–Crippen LogP) is 0.752. The lowest BCUT2D eigenvalue weighted by atomic mass is 10.3. The molecule has 1 atom stereocenters. The van der Waals surface area contributed by atoms with Crippen molar-refractivity contribution < 1.29 is 4.79 Å². The zero-order valence-corrected chi connectivity index (χ0v) is 5.91. The van der Waals surface area contributed by atoms with Gasteiger partial charge in [-0.15, -0.1) is 18.3 Å². The maximum absolute atomic E-state index is 10.3. The van der Waals surface area contributed by atoms with Gasteiger partial charge in [0.1, 0.15) is 0 Å². The first-order valence-electron chi connectivity index (χ1n) is 2.85. The van der Waals surface area contributed by atoms with E-state index in [4.69, 9.17) is 0 Å². The zero-order valence-electron chi connectivity index (χ0n) is 5.09. The minimum absolute atomic E-state index is 0.163. The Bertz CT molecular complexity index is 127. The van der Waals surface area contributed by atoms with Crippen LogP contribution in [0.5, 0.6) is 0 Å². The molecule has 1 rings (SSSR count). The van der Waals surface area contributed by atoms with Gasteiger partial charge in [0.2, 0.25) is 5.91 Å². The zero-order chi connectivity index (χ0) is 6.69. The summed E-state index contributed by atoms with van der Waals surface area (Å²) in [4.78, 5) is 10.3. The van der Waals surface area contributed by atoms with E-state index < -0.39 is 0 Å². The van der Waals surface area contributed by atoms with E-state index in [1.165, 1.54) is 0 Å². The van der Waals surface area contributed by atoms with E-state index >= 15 is 0 Å². The van der Waals surface area contributed by atoms with Crippen LogP contribution in [0, 0.1) is 0 Å². The minimum Gasteiger partial charge on any atom is -0.344 e. The van der Waals surface area contributed by atoms with E-state index in [2.05, 4.69) is 11.9 Å². The summed E-state index contributed by atoms with van der Waals surface area (Å²) in [7, 11) is 0. The first kappa shape index (κ1) is 6.68. The van der Waals surface area contributed by atoms with E-state index in [9.17, 15) is 4.79 Å². The molecule has 0 spiro atoms. The lowest BCUT2D eigenvalue weighted by Gasteiger charge is -2.25. The average Bonchev–Trinajstić information content (AvgIpc) is 1.78. The van der Waals surface area contributed by atoms with E-state index in [1.807, 2.05) is 6.08 Å². The SMILES string of the molecule is C=CCS[C@@H]1CC(=O)N1. The Kier molecular flexibility index (Phi) is 2.16. The molecular formula is C6H9NOS. The van der Waals surface area contributed by atoms with Crippen LogP contribution in [0.1, 0.15) is 6.42 Å². The molecule has 0 saturated carbocycles. The summed E-state index contributed by atoms with van der Waals surface area (Å²) in [6, 6.07) is 0. The van der Waals surface area contributed by atoms with Gasteiger partial charge in [0.05, 0.1) is 11.8 Å². The number of rotatable bonds is 3. The van der Waals surface area contributed by atoms with Crippen molar-refractivity contribution in [3.05, 3.63) is 12.7 Å². The van der Waals surface area contributed by atoms with Crippen LogP contribution in [-0.4, -0.2) is 17.0 Å². The first-order chi connectivity index (χ1) is 4.33. The fourth-order valence-corrected chi connectivity index (χ4v) is 1.46. The highest BCUT2D eigenvalue weighted by Crippen LogP contribution is 2.18. The number of thioether (sulfide) groups is 1. The normalized spacial score (nSPS) is 24.4. The highest BCUT2D eigenvalue weighted by Gasteiger charge is 2.24. The largest absolute Gasteiger partial charge is 0.344 e. The monoisotopic (exact) mass is 143 g/mol. The van der Waals surface area contributed by atoms with Crippen LogP contribution < -0.4 is 5.32 Å². The first-order valence-corrected chi connectivity index (χ1v) is 3.89. The van der Waals surface area contributed by atoms with Crippen molar-refractivity contribution >= 4 is 17.7 Å². The van der Waals surface area contributed by atoms with Crippen LogP contribution in [0.15, 0.2) is 12.7 Å². The summed E-state index contributed by atoms with van der Waals surface area (Å²) in [5.41, 5.74) is 0. The third kappa shape index (κ3) is 1.75. The fraction of sp³-hybridized carbons (Fsp3) is 0.500. The third-order valence-electron chi connectivity index (χ3n) is 1.11. The summed E-state index contributed by atoms with van der Waals surface area (Å²) >= 11 is 1.72. The molecule has 1 aliphatic heterocycles. The number of amides is 1. The number of β-lactam (4-membered cyclic amide) rings is 1. The molecule has 0 aromatic heterocycles. The van der Waals surface area contributed by atoms with Crippen molar-refractivity contribution in [3.8, 4) is 0 Å². The molecule has 9 heavy (non-hydrogen) atoms. The molecule has 0 aromatic rings. The van der Waals surface area contributed by atoms with Gasteiger partial charge in [-0.05, 0) is 0 Å². The highest BCUT2D eigenvalue weighted by molar-refractivity contribution is 8.00. The van der Waals surface area contributed by atoms with E-state index in [0.29, 0.717) is 11.8 Å². The average molecular weight is 143 g/mol. The molecule has 1 fully saturated rings. The van der Waals surface area contributed by atoms with Gasteiger partial charge in [-0.2, -0.15) is 0 Å². The standard InChI is InChI=1S/C6H9NOS/c1-2-3-9-6-4-5(8)7-6/h2,6H,1,3-4H2,(H,7,8)/t6-/m1/s1. The summed E-state index contributed by atoms with van der Waals surface area (Å²) in [5, 5.41) is 3.11. The van der Waals surface area contributed by atoms with Crippen LogP contribution in [0.2, 0.25) is 0 Å².